The van der Waals surface area contributed by atoms with E-state index in [1.54, 1.807) is 6.07 Å². The summed E-state index contributed by atoms with van der Waals surface area (Å²) >= 11 is 0. The highest BCUT2D eigenvalue weighted by Crippen LogP contribution is 2.09. The molecule has 13 heavy (non-hydrogen) atoms. The molecule has 0 aromatic carbocycles. The predicted octanol–water partition coefficient (Wildman–Crippen LogP) is 0.631. The molecule has 2 heterocycles. The lowest BCUT2D eigenvalue weighted by atomic mass is 10.2. The minimum absolute atomic E-state index is 0.0694. The van der Waals surface area contributed by atoms with Gasteiger partial charge in [0, 0.05) is 6.20 Å². The molecule has 1 aromatic heterocycles. The number of carbonyl (C=O) groups is 2. The fourth-order valence-electron chi connectivity index (χ4n) is 0.954. The fourth-order valence-corrected chi connectivity index (χ4v) is 0.954. The van der Waals surface area contributed by atoms with Crippen LogP contribution in [0.5, 0.6) is 0 Å². The first kappa shape index (κ1) is 7.60. The first-order valence-electron chi connectivity index (χ1n) is 3.58. The molecule has 0 saturated carbocycles. The second kappa shape index (κ2) is 2.78. The van der Waals surface area contributed by atoms with Crippen LogP contribution in [0.2, 0.25) is 0 Å². The van der Waals surface area contributed by atoms with Gasteiger partial charge in [0.25, 0.3) is 0 Å². The Morgan fingerprint density at radius 1 is 1.54 bits per heavy atom. The molecule has 1 aromatic rings. The topological polar surface area (TPSA) is 73.4 Å². The lowest BCUT2D eigenvalue weighted by Gasteiger charge is -1.93. The van der Waals surface area contributed by atoms with E-state index in [0.29, 0.717) is 0 Å². The molecule has 0 aliphatic carbocycles. The average molecular weight is 177 g/mol. The molecular formula is C8H5N2O3. The number of urea groups is 1. The first-order chi connectivity index (χ1) is 6.27. The van der Waals surface area contributed by atoms with Crippen LogP contribution in [-0.2, 0) is 0 Å². The molecule has 0 fully saturated rings. The molecule has 5 nitrogen and oxygen atoms in total. The Morgan fingerprint density at radius 2 is 2.38 bits per heavy atom. The van der Waals surface area contributed by atoms with Gasteiger partial charge in [-0.1, -0.05) is 0 Å². The van der Waals surface area contributed by atoms with Crippen LogP contribution in [0.1, 0.15) is 10.6 Å². The number of nitrogens with zero attached hydrogens (tertiary/aromatic N) is 1. The third kappa shape index (κ3) is 1.31. The van der Waals surface area contributed by atoms with Gasteiger partial charge in [0.2, 0.25) is 5.78 Å². The smallest absolute Gasteiger partial charge is 0.345 e. The van der Waals surface area contributed by atoms with E-state index in [1.807, 2.05) is 0 Å². The van der Waals surface area contributed by atoms with Crippen LogP contribution < -0.4 is 10.6 Å². The van der Waals surface area contributed by atoms with Gasteiger partial charge < -0.3 is 9.73 Å². The van der Waals surface area contributed by atoms with Gasteiger partial charge in [0.1, 0.15) is 5.70 Å². The molecule has 0 saturated heterocycles. The standard InChI is InChI=1S/C8H5N2O3/c11-7(6-2-1-3-13-6)5-4-9-8(12)10-5/h1-4H,(H,9,12). The molecule has 0 bridgehead atoms. The lowest BCUT2D eigenvalue weighted by molar-refractivity contribution is 0.0998. The Morgan fingerprint density at radius 3 is 2.92 bits per heavy atom. The van der Waals surface area contributed by atoms with Crippen LogP contribution in [0.4, 0.5) is 4.79 Å². The largest absolute Gasteiger partial charge is 0.461 e. The Labute approximate surface area is 73.4 Å². The van der Waals surface area contributed by atoms with Crippen molar-refractivity contribution >= 4 is 11.8 Å². The Balaban J connectivity index is 2.20. The minimum Gasteiger partial charge on any atom is -0.461 e. The van der Waals surface area contributed by atoms with Crippen molar-refractivity contribution in [2.75, 3.05) is 0 Å². The van der Waals surface area contributed by atoms with E-state index in [2.05, 4.69) is 10.6 Å². The number of allylic oxidation sites excluding steroid dienone is 1. The fraction of sp³-hybridized carbons (Fsp3) is 0. The zero-order chi connectivity index (χ0) is 9.26. The van der Waals surface area contributed by atoms with Crippen LogP contribution in [0, 0.1) is 0 Å². The van der Waals surface area contributed by atoms with E-state index in [9.17, 15) is 9.59 Å². The third-order valence-electron chi connectivity index (χ3n) is 1.53. The molecule has 2 rings (SSSR count). The van der Waals surface area contributed by atoms with E-state index >= 15 is 0 Å². The normalized spacial score (nSPS) is 14.8. The number of amides is 2. The van der Waals surface area contributed by atoms with Gasteiger partial charge in [-0.05, 0) is 12.1 Å². The number of rotatable bonds is 2. The molecule has 65 valence electrons. The van der Waals surface area contributed by atoms with Gasteiger partial charge in [-0.15, -0.1) is 0 Å². The molecule has 5 heteroatoms. The minimum atomic E-state index is -0.532. The monoisotopic (exact) mass is 177 g/mol. The summed E-state index contributed by atoms with van der Waals surface area (Å²) in [4.78, 5) is 22.0. The summed E-state index contributed by atoms with van der Waals surface area (Å²) in [6.45, 7) is 0. The van der Waals surface area contributed by atoms with Crippen molar-refractivity contribution < 1.29 is 14.0 Å². The van der Waals surface area contributed by atoms with Gasteiger partial charge in [-0.2, -0.15) is 5.32 Å². The van der Waals surface area contributed by atoms with Crippen molar-refractivity contribution in [2.45, 2.75) is 0 Å². The second-order valence-electron chi connectivity index (χ2n) is 2.40. The third-order valence-corrected chi connectivity index (χ3v) is 1.53. The predicted molar refractivity (Wildman–Crippen MR) is 41.8 cm³/mol. The maximum atomic E-state index is 11.4. The molecule has 1 N–H and O–H groups in total. The number of furan rings is 1. The maximum absolute atomic E-state index is 11.4. The summed E-state index contributed by atoms with van der Waals surface area (Å²) < 4.78 is 4.85. The van der Waals surface area contributed by atoms with Crippen LogP contribution in [0.25, 0.3) is 0 Å². The van der Waals surface area contributed by atoms with Crippen molar-refractivity contribution in [3.8, 4) is 0 Å². The average Bonchev–Trinajstić information content (AvgIpc) is 2.72. The van der Waals surface area contributed by atoms with Crippen molar-refractivity contribution in [1.29, 1.82) is 0 Å². The van der Waals surface area contributed by atoms with Gasteiger partial charge in [0.15, 0.2) is 5.76 Å². The maximum Gasteiger partial charge on any atom is 0.345 e. The molecule has 1 aliphatic rings. The van der Waals surface area contributed by atoms with Crippen LogP contribution in [0.3, 0.4) is 0 Å². The Hall–Kier alpha value is -2.04. The Bertz CT molecular complexity index is 378. The van der Waals surface area contributed by atoms with Gasteiger partial charge in [-0.25, -0.2) is 4.79 Å². The van der Waals surface area contributed by atoms with Crippen molar-refractivity contribution in [3.05, 3.63) is 36.1 Å². The summed E-state index contributed by atoms with van der Waals surface area (Å²) in [5.41, 5.74) is 0.0694. The highest BCUT2D eigenvalue weighted by atomic mass is 16.3. The van der Waals surface area contributed by atoms with Crippen LogP contribution >= 0.6 is 0 Å². The molecular weight excluding hydrogens is 172 g/mol. The highest BCUT2D eigenvalue weighted by molar-refractivity contribution is 6.09. The number of ketones is 1. The van der Waals surface area contributed by atoms with Gasteiger partial charge in [-0.3, -0.25) is 4.79 Å². The summed E-state index contributed by atoms with van der Waals surface area (Å²) in [5, 5.41) is 5.73. The quantitative estimate of drug-likeness (QED) is 0.673. The van der Waals surface area contributed by atoms with E-state index < -0.39 is 11.8 Å². The molecule has 0 atom stereocenters. The number of hydrogen-bond acceptors (Lipinski definition) is 3. The van der Waals surface area contributed by atoms with Crippen LogP contribution in [-0.4, -0.2) is 11.8 Å². The summed E-state index contributed by atoms with van der Waals surface area (Å²) in [6, 6.07) is 2.58. The summed E-state index contributed by atoms with van der Waals surface area (Å²) in [5.74, 6) is -0.227. The number of nitrogens with one attached hydrogen (secondary N) is 1. The molecule has 0 unspecified atom stereocenters. The molecule has 1 radical (unpaired) electrons. The van der Waals surface area contributed by atoms with E-state index in [1.165, 1.54) is 18.5 Å². The number of hydrogen-bond donors (Lipinski definition) is 1. The number of carbonyl (C=O) groups excluding carboxylic acids is 2. The first-order valence-corrected chi connectivity index (χ1v) is 3.58. The van der Waals surface area contributed by atoms with Crippen molar-refractivity contribution in [1.82, 2.24) is 10.6 Å². The van der Waals surface area contributed by atoms with Crippen molar-refractivity contribution in [2.24, 2.45) is 0 Å². The SMILES string of the molecule is O=C1[N]C(C(=O)c2ccco2)=CN1. The second-order valence-corrected chi connectivity index (χ2v) is 2.40. The van der Waals surface area contributed by atoms with Crippen LogP contribution in [0.15, 0.2) is 34.7 Å². The highest BCUT2D eigenvalue weighted by Gasteiger charge is 2.23. The van der Waals surface area contributed by atoms with Gasteiger partial charge >= 0.3 is 6.03 Å². The van der Waals surface area contributed by atoms with Crippen molar-refractivity contribution in [3.63, 3.8) is 0 Å². The summed E-state index contributed by atoms with van der Waals surface area (Å²) in [7, 11) is 0. The number of Topliss-reactive ketones (excluding diaryl/α,β-unsaturated/α-hetero) is 1. The summed E-state index contributed by atoms with van der Waals surface area (Å²) in [6.07, 6.45) is 2.64. The Kier molecular flexibility index (Phi) is 1.63. The zero-order valence-electron chi connectivity index (χ0n) is 6.48. The van der Waals surface area contributed by atoms with E-state index in [-0.39, 0.29) is 11.5 Å². The molecule has 2 amide bonds. The molecule has 1 aliphatic heterocycles. The van der Waals surface area contributed by atoms with E-state index in [0.717, 1.165) is 0 Å². The van der Waals surface area contributed by atoms with Gasteiger partial charge in [0.05, 0.1) is 6.26 Å². The van der Waals surface area contributed by atoms with E-state index in [4.69, 9.17) is 4.42 Å². The zero-order valence-corrected chi connectivity index (χ0v) is 6.48. The molecule has 0 spiro atoms. The lowest BCUT2D eigenvalue weighted by Crippen LogP contribution is -2.18.